The van der Waals surface area contributed by atoms with Crippen LogP contribution in [-0.2, 0) is 4.79 Å². The van der Waals surface area contributed by atoms with Crippen molar-refractivity contribution < 1.29 is 4.79 Å². The first-order valence-electron chi connectivity index (χ1n) is 5.80. The van der Waals surface area contributed by atoms with E-state index in [4.69, 9.17) is 0 Å². The zero-order valence-corrected chi connectivity index (χ0v) is 9.46. The van der Waals surface area contributed by atoms with Crippen LogP contribution in [0.25, 0.3) is 0 Å². The molecule has 1 unspecified atom stereocenters. The average Bonchev–Trinajstić information content (AvgIpc) is 2.97. The van der Waals surface area contributed by atoms with Gasteiger partial charge in [0.05, 0.1) is 5.41 Å². The lowest BCUT2D eigenvalue weighted by Gasteiger charge is -2.30. The first-order chi connectivity index (χ1) is 7.17. The first-order valence-corrected chi connectivity index (χ1v) is 5.80. The molecule has 2 fully saturated rings. The van der Waals surface area contributed by atoms with Gasteiger partial charge in [-0.2, -0.15) is 0 Å². The minimum atomic E-state index is -0.175. The van der Waals surface area contributed by atoms with Crippen LogP contribution in [0, 0.1) is 5.41 Å². The van der Waals surface area contributed by atoms with Crippen LogP contribution in [0.3, 0.4) is 0 Å². The fourth-order valence-corrected chi connectivity index (χ4v) is 2.27. The molecule has 2 aliphatic rings. The summed E-state index contributed by atoms with van der Waals surface area (Å²) in [4.78, 5) is 14.4. The van der Waals surface area contributed by atoms with E-state index in [0.29, 0.717) is 18.5 Å². The molecule has 1 atom stereocenters. The molecule has 1 amide bonds. The van der Waals surface area contributed by atoms with Crippen molar-refractivity contribution in [1.29, 1.82) is 0 Å². The average molecular weight is 208 g/mol. The number of amides is 1. The number of rotatable bonds is 4. The van der Waals surface area contributed by atoms with Crippen LogP contribution in [0.5, 0.6) is 0 Å². The summed E-state index contributed by atoms with van der Waals surface area (Å²) < 4.78 is 0. The quantitative estimate of drug-likeness (QED) is 0.703. The molecule has 1 heterocycles. The topological polar surface area (TPSA) is 32.3 Å². The Morgan fingerprint density at radius 3 is 2.87 bits per heavy atom. The summed E-state index contributed by atoms with van der Waals surface area (Å²) in [5.41, 5.74) is -0.175. The lowest BCUT2D eigenvalue weighted by Crippen LogP contribution is -2.44. The van der Waals surface area contributed by atoms with Crippen molar-refractivity contribution in [3.8, 4) is 0 Å². The molecule has 0 spiro atoms. The highest BCUT2D eigenvalue weighted by molar-refractivity contribution is 5.83. The maximum absolute atomic E-state index is 12.4. The van der Waals surface area contributed by atoms with Crippen molar-refractivity contribution in [2.45, 2.75) is 32.2 Å². The second-order valence-corrected chi connectivity index (χ2v) is 4.96. The molecule has 1 saturated heterocycles. The van der Waals surface area contributed by atoms with Crippen molar-refractivity contribution in [2.24, 2.45) is 5.41 Å². The zero-order valence-electron chi connectivity index (χ0n) is 9.46. The third-order valence-electron chi connectivity index (χ3n) is 3.46. The summed E-state index contributed by atoms with van der Waals surface area (Å²) in [6.45, 7) is 8.31. The smallest absolute Gasteiger partial charge is 0.230 e. The highest BCUT2D eigenvalue weighted by Crippen LogP contribution is 2.33. The Hall–Kier alpha value is -0.830. The molecule has 3 heteroatoms. The maximum atomic E-state index is 12.4. The highest BCUT2D eigenvalue weighted by Gasteiger charge is 2.43. The molecule has 3 nitrogen and oxygen atoms in total. The maximum Gasteiger partial charge on any atom is 0.230 e. The van der Waals surface area contributed by atoms with Gasteiger partial charge in [0.1, 0.15) is 0 Å². The van der Waals surface area contributed by atoms with Crippen LogP contribution in [0.2, 0.25) is 0 Å². The highest BCUT2D eigenvalue weighted by atomic mass is 16.2. The van der Waals surface area contributed by atoms with Gasteiger partial charge in [0, 0.05) is 19.1 Å². The molecular weight excluding hydrogens is 188 g/mol. The van der Waals surface area contributed by atoms with Crippen molar-refractivity contribution in [3.05, 3.63) is 12.7 Å². The minimum absolute atomic E-state index is 0.175. The van der Waals surface area contributed by atoms with Crippen LogP contribution in [-0.4, -0.2) is 36.5 Å². The van der Waals surface area contributed by atoms with Gasteiger partial charge in [-0.3, -0.25) is 4.79 Å². The molecule has 0 aromatic carbocycles. The second kappa shape index (κ2) is 3.97. The van der Waals surface area contributed by atoms with E-state index in [1.165, 1.54) is 12.8 Å². The lowest BCUT2D eigenvalue weighted by molar-refractivity contribution is -0.140. The van der Waals surface area contributed by atoms with Crippen LogP contribution < -0.4 is 5.32 Å². The van der Waals surface area contributed by atoms with Gasteiger partial charge in [0.25, 0.3) is 0 Å². The van der Waals surface area contributed by atoms with Crippen molar-refractivity contribution in [3.63, 3.8) is 0 Å². The molecule has 0 radical (unpaired) electrons. The number of carbonyl (C=O) groups is 1. The van der Waals surface area contributed by atoms with E-state index in [1.807, 2.05) is 11.0 Å². The predicted octanol–water partition coefficient (Wildman–Crippen LogP) is 1.16. The van der Waals surface area contributed by atoms with Gasteiger partial charge in [-0.15, -0.1) is 6.58 Å². The molecular formula is C12H20N2O. The van der Waals surface area contributed by atoms with Gasteiger partial charge in [-0.1, -0.05) is 6.08 Å². The van der Waals surface area contributed by atoms with Crippen LogP contribution in [0.4, 0.5) is 0 Å². The Labute approximate surface area is 91.5 Å². The molecule has 2 rings (SSSR count). The third kappa shape index (κ3) is 2.07. The molecule has 1 aliphatic heterocycles. The predicted molar refractivity (Wildman–Crippen MR) is 60.5 cm³/mol. The molecule has 0 aromatic rings. The Bertz CT molecular complexity index is 265. The lowest BCUT2D eigenvalue weighted by atomic mass is 9.88. The van der Waals surface area contributed by atoms with Crippen LogP contribution in [0.15, 0.2) is 12.7 Å². The van der Waals surface area contributed by atoms with E-state index in [1.54, 1.807) is 0 Å². The molecule has 0 bridgehead atoms. The Balaban J connectivity index is 2.05. The summed E-state index contributed by atoms with van der Waals surface area (Å²) in [5.74, 6) is 0.315. The third-order valence-corrected chi connectivity index (χ3v) is 3.46. The molecule has 84 valence electrons. The van der Waals surface area contributed by atoms with Gasteiger partial charge in [0.2, 0.25) is 5.91 Å². The first kappa shape index (κ1) is 10.7. The summed E-state index contributed by atoms with van der Waals surface area (Å²) in [5, 5.41) is 3.28. The molecule has 15 heavy (non-hydrogen) atoms. The summed E-state index contributed by atoms with van der Waals surface area (Å²) in [6.07, 6.45) is 5.14. The van der Waals surface area contributed by atoms with Gasteiger partial charge in [-0.05, 0) is 32.7 Å². The van der Waals surface area contributed by atoms with E-state index in [-0.39, 0.29) is 5.41 Å². The van der Waals surface area contributed by atoms with E-state index in [9.17, 15) is 4.79 Å². The van der Waals surface area contributed by atoms with Gasteiger partial charge >= 0.3 is 0 Å². The zero-order chi connectivity index (χ0) is 10.9. The number of nitrogens with zero attached hydrogens (tertiary/aromatic N) is 1. The molecule has 1 saturated carbocycles. The Kier molecular flexibility index (Phi) is 2.83. The summed E-state index contributed by atoms with van der Waals surface area (Å²) in [7, 11) is 0. The molecule has 1 N–H and O–H groups in total. The largest absolute Gasteiger partial charge is 0.335 e. The van der Waals surface area contributed by atoms with Gasteiger partial charge < -0.3 is 10.2 Å². The monoisotopic (exact) mass is 208 g/mol. The summed E-state index contributed by atoms with van der Waals surface area (Å²) in [6, 6.07) is 0.493. The van der Waals surface area contributed by atoms with Crippen LogP contribution >= 0.6 is 0 Å². The summed E-state index contributed by atoms with van der Waals surface area (Å²) >= 11 is 0. The number of hydrogen-bond donors (Lipinski definition) is 1. The number of carbonyl (C=O) groups excluding carboxylic acids is 1. The van der Waals surface area contributed by atoms with Crippen LogP contribution in [0.1, 0.15) is 26.2 Å². The molecule has 1 aliphatic carbocycles. The van der Waals surface area contributed by atoms with E-state index in [0.717, 1.165) is 19.5 Å². The van der Waals surface area contributed by atoms with E-state index < -0.39 is 0 Å². The standard InChI is InChI=1S/C12H20N2O/c1-3-8-14(10-4-5-10)11(15)12(2)6-7-13-9-12/h3,10,13H,1,4-9H2,2H3. The van der Waals surface area contributed by atoms with E-state index in [2.05, 4.69) is 18.8 Å². The molecule has 0 aromatic heterocycles. The van der Waals surface area contributed by atoms with E-state index >= 15 is 0 Å². The fraction of sp³-hybridized carbons (Fsp3) is 0.750. The minimum Gasteiger partial charge on any atom is -0.335 e. The van der Waals surface area contributed by atoms with Gasteiger partial charge in [0.15, 0.2) is 0 Å². The van der Waals surface area contributed by atoms with Gasteiger partial charge in [-0.25, -0.2) is 0 Å². The Morgan fingerprint density at radius 1 is 1.67 bits per heavy atom. The Morgan fingerprint density at radius 2 is 2.40 bits per heavy atom. The second-order valence-electron chi connectivity index (χ2n) is 4.96. The number of hydrogen-bond acceptors (Lipinski definition) is 2. The van der Waals surface area contributed by atoms with Crippen molar-refractivity contribution in [1.82, 2.24) is 10.2 Å². The normalized spacial score (nSPS) is 30.2. The SMILES string of the molecule is C=CCN(C(=O)C1(C)CCNC1)C1CC1. The van der Waals surface area contributed by atoms with Crippen molar-refractivity contribution in [2.75, 3.05) is 19.6 Å². The number of nitrogens with one attached hydrogen (secondary N) is 1. The van der Waals surface area contributed by atoms with Crippen molar-refractivity contribution >= 4 is 5.91 Å². The fourth-order valence-electron chi connectivity index (χ4n) is 2.27.